The van der Waals surface area contributed by atoms with E-state index in [0.29, 0.717) is 12.8 Å². The van der Waals surface area contributed by atoms with Gasteiger partial charge in [-0.15, -0.1) is 0 Å². The molecule has 0 aliphatic heterocycles. The second-order valence-corrected chi connectivity index (χ2v) is 15.6. The average Bonchev–Trinajstić information content (AvgIpc) is 3.14. The molecule has 0 radical (unpaired) electrons. The Bertz CT molecular complexity index is 1060. The largest absolute Gasteiger partial charge is 0.480 e. The highest BCUT2D eigenvalue weighted by atomic mass is 31.2. The number of aliphatic hydroxyl groups excluding tert-OH is 1. The number of carboxylic acids is 1. The first-order chi connectivity index (χ1) is 26.1. The lowest BCUT2D eigenvalue weighted by molar-refractivity contribution is -0.147. The van der Waals surface area contributed by atoms with Crippen molar-refractivity contribution in [3.8, 4) is 0 Å². The molecule has 11 nitrogen and oxygen atoms in total. The summed E-state index contributed by atoms with van der Waals surface area (Å²) in [4.78, 5) is 45.8. The number of carbonyl (C=O) groups is 3. The van der Waals surface area contributed by atoms with Crippen LogP contribution in [-0.4, -0.2) is 64.9 Å². The van der Waals surface area contributed by atoms with E-state index in [1.54, 1.807) is 0 Å². The number of esters is 1. The fourth-order valence-electron chi connectivity index (χ4n) is 5.56. The molecule has 0 saturated carbocycles. The Kier molecular flexibility index (Phi) is 36.0. The Hall–Kier alpha value is -2.30. The molecule has 54 heavy (non-hydrogen) atoms. The van der Waals surface area contributed by atoms with Crippen LogP contribution in [0.2, 0.25) is 0 Å². The molecule has 0 heterocycles. The summed E-state index contributed by atoms with van der Waals surface area (Å²) in [6.45, 7) is 2.52. The lowest BCUT2D eigenvalue weighted by atomic mass is 10.1. The summed E-state index contributed by atoms with van der Waals surface area (Å²) in [6.07, 6.45) is 38.8. The molecule has 1 amide bonds. The standard InChI is InChI=1S/C42H76NO10P/c1-3-5-7-9-11-13-15-17-19-20-22-24-26-28-30-32-34-41(46)51-35-38(44)36-52-54(49,50)53-37-39(42(47)48)43-40(45)33-31-29-27-25-23-21-18-16-14-12-10-8-6-4-2/h10,12,16,18-20,38-39,44H,3-9,11,13-15,17,21-37H2,1-2H3,(H,43,45)(H,47,48)(H,49,50)/b12-10-,18-16-,20-19-. The number of hydrogen-bond donors (Lipinski definition) is 4. The number of carbonyl (C=O) groups excluding carboxylic acids is 2. The molecular formula is C42H76NO10P. The van der Waals surface area contributed by atoms with Gasteiger partial charge >= 0.3 is 19.8 Å². The van der Waals surface area contributed by atoms with Crippen molar-refractivity contribution in [1.29, 1.82) is 0 Å². The van der Waals surface area contributed by atoms with Gasteiger partial charge in [0.2, 0.25) is 5.91 Å². The highest BCUT2D eigenvalue weighted by molar-refractivity contribution is 7.47. The van der Waals surface area contributed by atoms with Gasteiger partial charge in [0.25, 0.3) is 0 Å². The molecule has 12 heteroatoms. The number of rotatable bonds is 39. The number of allylic oxidation sites excluding steroid dienone is 6. The number of ether oxygens (including phenoxy) is 1. The zero-order valence-electron chi connectivity index (χ0n) is 33.8. The summed E-state index contributed by atoms with van der Waals surface area (Å²) >= 11 is 0. The van der Waals surface area contributed by atoms with Crippen LogP contribution in [-0.2, 0) is 32.7 Å². The van der Waals surface area contributed by atoms with E-state index in [2.05, 4.69) is 55.6 Å². The molecule has 4 N–H and O–H groups in total. The number of aliphatic hydroxyl groups is 1. The first-order valence-electron chi connectivity index (χ1n) is 21.0. The highest BCUT2D eigenvalue weighted by Gasteiger charge is 2.28. The van der Waals surface area contributed by atoms with Gasteiger partial charge in [-0.05, 0) is 64.2 Å². The normalized spacial score (nSPS) is 14.1. The predicted molar refractivity (Wildman–Crippen MR) is 217 cm³/mol. The third-order valence-electron chi connectivity index (χ3n) is 8.90. The summed E-state index contributed by atoms with van der Waals surface area (Å²) in [5.41, 5.74) is 0. The van der Waals surface area contributed by atoms with Crippen molar-refractivity contribution < 1.29 is 47.8 Å². The molecule has 0 aliphatic rings. The number of unbranched alkanes of at least 4 members (excludes halogenated alkanes) is 19. The van der Waals surface area contributed by atoms with Crippen LogP contribution in [0, 0.1) is 0 Å². The van der Waals surface area contributed by atoms with Gasteiger partial charge in [0.15, 0.2) is 6.04 Å². The van der Waals surface area contributed by atoms with Gasteiger partial charge in [-0.25, -0.2) is 9.36 Å². The Balaban J connectivity index is 3.95. The quantitative estimate of drug-likeness (QED) is 0.0204. The fraction of sp³-hybridized carbons (Fsp3) is 0.786. The van der Waals surface area contributed by atoms with E-state index in [4.69, 9.17) is 13.8 Å². The van der Waals surface area contributed by atoms with Crippen LogP contribution in [0.15, 0.2) is 36.5 Å². The van der Waals surface area contributed by atoms with Crippen molar-refractivity contribution in [2.45, 2.75) is 193 Å². The Labute approximate surface area is 327 Å². The van der Waals surface area contributed by atoms with Crippen LogP contribution in [0.5, 0.6) is 0 Å². The maximum absolute atomic E-state index is 12.3. The van der Waals surface area contributed by atoms with Crippen LogP contribution in [0.3, 0.4) is 0 Å². The predicted octanol–water partition coefficient (Wildman–Crippen LogP) is 10.4. The number of phosphoric ester groups is 1. The lowest BCUT2D eigenvalue weighted by Crippen LogP contribution is -2.43. The minimum atomic E-state index is -4.76. The molecule has 0 saturated heterocycles. The number of nitrogens with one attached hydrogen (secondary N) is 1. The van der Waals surface area contributed by atoms with Crippen LogP contribution in [0.1, 0.15) is 181 Å². The minimum Gasteiger partial charge on any atom is -0.480 e. The summed E-state index contributed by atoms with van der Waals surface area (Å²) < 4.78 is 26.8. The average molecular weight is 786 g/mol. The minimum absolute atomic E-state index is 0.129. The van der Waals surface area contributed by atoms with E-state index in [1.165, 1.54) is 57.8 Å². The summed E-state index contributed by atoms with van der Waals surface area (Å²) in [7, 11) is -4.76. The third-order valence-corrected chi connectivity index (χ3v) is 9.85. The first-order valence-corrected chi connectivity index (χ1v) is 22.5. The molecule has 314 valence electrons. The maximum Gasteiger partial charge on any atom is 0.472 e. The van der Waals surface area contributed by atoms with Crippen LogP contribution >= 0.6 is 7.82 Å². The summed E-state index contributed by atoms with van der Waals surface area (Å²) in [5, 5.41) is 21.8. The first kappa shape index (κ1) is 51.7. The Morgan fingerprint density at radius 1 is 0.593 bits per heavy atom. The van der Waals surface area contributed by atoms with Crippen molar-refractivity contribution in [3.05, 3.63) is 36.5 Å². The smallest absolute Gasteiger partial charge is 0.472 e. The van der Waals surface area contributed by atoms with E-state index < -0.39 is 57.6 Å². The molecule has 0 aliphatic carbocycles. The number of phosphoric acid groups is 1. The Morgan fingerprint density at radius 3 is 1.57 bits per heavy atom. The van der Waals surface area contributed by atoms with Gasteiger partial charge in [0.05, 0.1) is 13.2 Å². The third kappa shape index (κ3) is 36.7. The topological polar surface area (TPSA) is 169 Å². The van der Waals surface area contributed by atoms with E-state index in [-0.39, 0.29) is 12.8 Å². The zero-order valence-corrected chi connectivity index (χ0v) is 34.7. The van der Waals surface area contributed by atoms with Crippen LogP contribution in [0.4, 0.5) is 0 Å². The van der Waals surface area contributed by atoms with E-state index in [9.17, 15) is 34.1 Å². The second kappa shape index (κ2) is 37.6. The molecular weight excluding hydrogens is 709 g/mol. The zero-order chi connectivity index (χ0) is 40.0. The molecule has 0 spiro atoms. The molecule has 0 aromatic heterocycles. The highest BCUT2D eigenvalue weighted by Crippen LogP contribution is 2.43. The molecule has 0 aromatic carbocycles. The van der Waals surface area contributed by atoms with Crippen LogP contribution in [0.25, 0.3) is 0 Å². The number of amides is 1. The molecule has 0 aromatic rings. The SMILES string of the molecule is CCCC/C=C\C/C=C\CCCCCCCC(=O)NC(COP(=O)(O)OCC(O)COC(=O)CCCCCCC/C=C\CCCCCCCCC)C(=O)O. The van der Waals surface area contributed by atoms with Crippen molar-refractivity contribution in [3.63, 3.8) is 0 Å². The molecule has 3 atom stereocenters. The van der Waals surface area contributed by atoms with Gasteiger partial charge in [-0.2, -0.15) is 0 Å². The molecule has 0 rings (SSSR count). The van der Waals surface area contributed by atoms with Crippen molar-refractivity contribution in [2.24, 2.45) is 0 Å². The van der Waals surface area contributed by atoms with Crippen molar-refractivity contribution in [1.82, 2.24) is 5.32 Å². The van der Waals surface area contributed by atoms with E-state index in [1.807, 2.05) is 0 Å². The molecule has 0 fully saturated rings. The number of carboxylic acid groups (broad SMARTS) is 1. The van der Waals surface area contributed by atoms with E-state index in [0.717, 1.165) is 83.5 Å². The second-order valence-electron chi connectivity index (χ2n) is 14.2. The van der Waals surface area contributed by atoms with Gasteiger partial charge in [0.1, 0.15) is 12.7 Å². The lowest BCUT2D eigenvalue weighted by Gasteiger charge is -2.18. The van der Waals surface area contributed by atoms with Gasteiger partial charge in [0, 0.05) is 12.8 Å². The maximum atomic E-state index is 12.3. The van der Waals surface area contributed by atoms with Crippen molar-refractivity contribution in [2.75, 3.05) is 19.8 Å². The van der Waals surface area contributed by atoms with Gasteiger partial charge in [-0.3, -0.25) is 18.6 Å². The Morgan fingerprint density at radius 2 is 1.04 bits per heavy atom. The molecule has 3 unspecified atom stereocenters. The van der Waals surface area contributed by atoms with Crippen LogP contribution < -0.4 is 5.32 Å². The molecule has 0 bridgehead atoms. The van der Waals surface area contributed by atoms with E-state index >= 15 is 0 Å². The number of aliphatic carboxylic acids is 1. The van der Waals surface area contributed by atoms with Crippen molar-refractivity contribution >= 4 is 25.7 Å². The number of hydrogen-bond acceptors (Lipinski definition) is 8. The monoisotopic (exact) mass is 786 g/mol. The van der Waals surface area contributed by atoms with Gasteiger partial charge in [-0.1, -0.05) is 140 Å². The summed E-state index contributed by atoms with van der Waals surface area (Å²) in [6, 6.07) is -1.55. The van der Waals surface area contributed by atoms with Gasteiger partial charge < -0.3 is 25.2 Å². The fourth-order valence-corrected chi connectivity index (χ4v) is 6.33. The summed E-state index contributed by atoms with van der Waals surface area (Å²) in [5.74, 6) is -2.40.